The predicted molar refractivity (Wildman–Crippen MR) is 161 cm³/mol. The maximum absolute atomic E-state index is 5.37. The fourth-order valence-electron chi connectivity index (χ4n) is 4.89. The van der Waals surface area contributed by atoms with E-state index in [4.69, 9.17) is 9.47 Å². The third-order valence-corrected chi connectivity index (χ3v) is 6.89. The van der Waals surface area contributed by atoms with Crippen LogP contribution in [0.5, 0.6) is 11.5 Å². The highest BCUT2D eigenvalue weighted by molar-refractivity contribution is 6.04. The monoisotopic (exact) mass is 505 g/mol. The molecule has 0 aliphatic rings. The maximum Gasteiger partial charge on any atom is 0.192 e. The van der Waals surface area contributed by atoms with Crippen LogP contribution in [0.15, 0.2) is 127 Å². The fraction of sp³-hybridized carbons (Fsp3) is 0.0556. The molecular formula is C36H27NO2+. The van der Waals surface area contributed by atoms with Gasteiger partial charge in [0.25, 0.3) is 0 Å². The quantitative estimate of drug-likeness (QED) is 0.133. The van der Waals surface area contributed by atoms with Gasteiger partial charge in [0.2, 0.25) is 0 Å². The topological polar surface area (TPSA) is 24.4 Å². The molecule has 0 saturated carbocycles. The van der Waals surface area contributed by atoms with Gasteiger partial charge in [0.15, 0.2) is 17.1 Å². The Balaban J connectivity index is 1.39. The maximum atomic E-state index is 5.37. The van der Waals surface area contributed by atoms with Crippen molar-refractivity contribution in [2.24, 2.45) is 0 Å². The van der Waals surface area contributed by atoms with Gasteiger partial charge in [0.1, 0.15) is 11.5 Å². The number of hydrogen-bond donors (Lipinski definition) is 0. The van der Waals surface area contributed by atoms with Crippen molar-refractivity contribution >= 4 is 38.6 Å². The van der Waals surface area contributed by atoms with E-state index in [9.17, 15) is 0 Å². The van der Waals surface area contributed by atoms with Crippen LogP contribution >= 0.6 is 0 Å². The van der Waals surface area contributed by atoms with Gasteiger partial charge in [-0.25, -0.2) is 0 Å². The van der Waals surface area contributed by atoms with E-state index < -0.39 is 0 Å². The summed E-state index contributed by atoms with van der Waals surface area (Å²) < 4.78 is 10.7. The van der Waals surface area contributed by atoms with Crippen molar-refractivity contribution in [2.45, 2.75) is 0 Å². The first-order chi connectivity index (χ1) is 19.2. The summed E-state index contributed by atoms with van der Waals surface area (Å²) in [5.41, 5.74) is 5.11. The summed E-state index contributed by atoms with van der Waals surface area (Å²) in [6.45, 7) is 0. The fourth-order valence-corrected chi connectivity index (χ4v) is 4.89. The van der Waals surface area contributed by atoms with Crippen molar-refractivity contribution in [1.29, 1.82) is 0 Å². The van der Waals surface area contributed by atoms with Crippen LogP contribution < -0.4 is 14.4 Å². The van der Waals surface area contributed by atoms with E-state index in [0.717, 1.165) is 39.7 Å². The van der Waals surface area contributed by atoms with Gasteiger partial charge in [0.05, 0.1) is 14.2 Å². The van der Waals surface area contributed by atoms with Crippen LogP contribution in [0.1, 0.15) is 11.1 Å². The minimum absolute atomic E-state index is 0.819. The lowest BCUT2D eigenvalue weighted by Gasteiger charge is -2.12. The van der Waals surface area contributed by atoms with Crippen LogP contribution in [0.2, 0.25) is 0 Å². The molecule has 3 heteroatoms. The smallest absolute Gasteiger partial charge is 0.192 e. The molecule has 6 aromatic rings. The summed E-state index contributed by atoms with van der Waals surface area (Å²) >= 11 is 0. The number of hydrogen-bond acceptors (Lipinski definition) is 3. The molecule has 0 atom stereocenters. The summed E-state index contributed by atoms with van der Waals surface area (Å²) in [5, 5.41) is 4.74. The molecule has 187 valence electrons. The number of nitrogens with zero attached hydrogens (tertiary/aromatic N) is 1. The highest BCUT2D eigenvalue weighted by Gasteiger charge is 2.26. The summed E-state index contributed by atoms with van der Waals surface area (Å²) in [6.07, 6.45) is 0. The molecule has 0 bridgehead atoms. The zero-order chi connectivity index (χ0) is 26.6. The van der Waals surface area contributed by atoms with Crippen molar-refractivity contribution in [3.63, 3.8) is 0 Å². The van der Waals surface area contributed by atoms with Gasteiger partial charge in [-0.2, -0.15) is 0 Å². The lowest BCUT2D eigenvalue weighted by molar-refractivity contribution is 0.414. The summed E-state index contributed by atoms with van der Waals surface area (Å²) in [7, 11) is 3.36. The van der Waals surface area contributed by atoms with E-state index in [1.165, 1.54) is 21.5 Å². The number of ether oxygens (including phenoxy) is 2. The van der Waals surface area contributed by atoms with Crippen molar-refractivity contribution in [3.8, 4) is 23.3 Å². The van der Waals surface area contributed by atoms with Crippen molar-refractivity contribution in [2.75, 3.05) is 14.2 Å². The molecule has 0 aromatic heterocycles. The van der Waals surface area contributed by atoms with Gasteiger partial charge in [-0.15, -0.1) is 0 Å². The summed E-state index contributed by atoms with van der Waals surface area (Å²) in [6, 6.07) is 43.6. The van der Waals surface area contributed by atoms with E-state index in [1.54, 1.807) is 14.2 Å². The highest BCUT2D eigenvalue weighted by atomic mass is 16.5. The molecule has 6 rings (SSSR count). The largest absolute Gasteiger partial charge is 0.497 e. The van der Waals surface area contributed by atoms with Crippen molar-refractivity contribution < 1.29 is 9.47 Å². The molecule has 0 unspecified atom stereocenters. The second-order valence-corrected chi connectivity index (χ2v) is 9.22. The number of anilines is 3. The van der Waals surface area contributed by atoms with Crippen LogP contribution in [-0.4, -0.2) is 14.2 Å². The molecule has 0 amide bonds. The van der Waals surface area contributed by atoms with E-state index in [1.807, 2.05) is 24.3 Å². The lowest BCUT2D eigenvalue weighted by atomic mass is 9.97. The lowest BCUT2D eigenvalue weighted by Crippen LogP contribution is -2.11. The van der Waals surface area contributed by atoms with Gasteiger partial charge >= 0.3 is 0 Å². The van der Waals surface area contributed by atoms with Crippen LogP contribution in [0.3, 0.4) is 0 Å². The number of benzene rings is 6. The molecule has 6 aromatic carbocycles. The Hall–Kier alpha value is -5.04. The summed E-state index contributed by atoms with van der Waals surface area (Å²) in [5.74, 6) is 8.55. The molecule has 0 aliphatic carbocycles. The minimum Gasteiger partial charge on any atom is -0.497 e. The second kappa shape index (κ2) is 10.8. The van der Waals surface area contributed by atoms with E-state index in [2.05, 4.69) is 120 Å². The molecular weight excluding hydrogens is 478 g/mol. The van der Waals surface area contributed by atoms with Crippen LogP contribution in [0.25, 0.3) is 21.5 Å². The highest BCUT2D eigenvalue weighted by Crippen LogP contribution is 2.35. The Labute approximate surface area is 228 Å². The van der Waals surface area contributed by atoms with Gasteiger partial charge in [-0.3, -0.25) is 0 Å². The van der Waals surface area contributed by atoms with Crippen LogP contribution in [0, 0.1) is 11.8 Å². The van der Waals surface area contributed by atoms with Crippen LogP contribution in [0.4, 0.5) is 17.1 Å². The first-order valence-corrected chi connectivity index (χ1v) is 12.8. The zero-order valence-electron chi connectivity index (χ0n) is 21.9. The minimum atomic E-state index is 0.819. The molecule has 0 fully saturated rings. The normalized spacial score (nSPS) is 10.8. The van der Waals surface area contributed by atoms with Gasteiger partial charge in [0, 0.05) is 47.5 Å². The number of methoxy groups -OCH3 is 2. The molecule has 0 aliphatic heterocycles. The molecule has 0 spiro atoms. The molecule has 1 radical (unpaired) electrons. The Morgan fingerprint density at radius 1 is 0.487 bits per heavy atom. The Morgan fingerprint density at radius 3 is 1.38 bits per heavy atom. The molecule has 0 heterocycles. The third-order valence-electron chi connectivity index (χ3n) is 6.89. The zero-order valence-corrected chi connectivity index (χ0v) is 21.9. The van der Waals surface area contributed by atoms with Gasteiger partial charge < -0.3 is 9.47 Å². The molecule has 0 N–H and O–H groups in total. The SMILES string of the molecule is COc1ccc([N+](c2ccc(C#Cc3c4ccccc4cc4ccccc34)cc2)c2ccc(OC)cc2)cc1. The van der Waals surface area contributed by atoms with Crippen molar-refractivity contribution in [1.82, 2.24) is 4.90 Å². The predicted octanol–water partition coefficient (Wildman–Crippen LogP) is 8.85. The Bertz CT molecular complexity index is 1710. The van der Waals surface area contributed by atoms with E-state index >= 15 is 0 Å². The Kier molecular flexibility index (Phi) is 6.70. The molecule has 0 saturated heterocycles. The first kappa shape index (κ1) is 24.3. The number of rotatable bonds is 5. The van der Waals surface area contributed by atoms with Gasteiger partial charge in [-0.1, -0.05) is 65.3 Å². The number of fused-ring (bicyclic) bond motifs is 2. The van der Waals surface area contributed by atoms with Crippen molar-refractivity contribution in [3.05, 3.63) is 139 Å². The van der Waals surface area contributed by atoms with E-state index in [-0.39, 0.29) is 0 Å². The molecule has 3 nitrogen and oxygen atoms in total. The molecule has 39 heavy (non-hydrogen) atoms. The average molecular weight is 506 g/mol. The third kappa shape index (κ3) is 4.94. The standard InChI is InChI=1S/C36H27NO2/c1-38-32-20-16-30(17-21-32)37(31-18-22-33(39-2)23-19-31)29-14-11-26(12-15-29)13-24-36-34-9-5-3-7-27(34)25-28-8-4-6-10-35(28)36/h3-12,14-23,25H,1-2H3/q+1. The summed E-state index contributed by atoms with van der Waals surface area (Å²) in [4.78, 5) is 2.20. The average Bonchev–Trinajstić information content (AvgIpc) is 3.00. The van der Waals surface area contributed by atoms with Gasteiger partial charge in [-0.05, 0) is 64.0 Å². The van der Waals surface area contributed by atoms with E-state index in [0.29, 0.717) is 0 Å². The first-order valence-electron chi connectivity index (χ1n) is 12.8. The Morgan fingerprint density at radius 2 is 0.923 bits per heavy atom. The second-order valence-electron chi connectivity index (χ2n) is 9.22. The van der Waals surface area contributed by atoms with Crippen LogP contribution in [-0.2, 0) is 0 Å².